The van der Waals surface area contributed by atoms with Crippen molar-refractivity contribution in [2.24, 2.45) is 26.8 Å². The number of aliphatic imine (C=N–C) groups is 3. The molecule has 0 spiro atoms. The van der Waals surface area contributed by atoms with E-state index in [4.69, 9.17) is 15.0 Å². The maximum atomic E-state index is 14.4. The van der Waals surface area contributed by atoms with E-state index in [0.717, 1.165) is 117 Å². The minimum absolute atomic E-state index is 0.0346. The van der Waals surface area contributed by atoms with E-state index < -0.39 is 0 Å². The number of carbonyl (C=O) groups is 1. The fourth-order valence-electron chi connectivity index (χ4n) is 10.7. The van der Waals surface area contributed by atoms with Crippen molar-refractivity contribution in [3.05, 3.63) is 91.5 Å². The average molecular weight is 874 g/mol. The van der Waals surface area contributed by atoms with Crippen molar-refractivity contribution in [1.82, 2.24) is 10.2 Å². The van der Waals surface area contributed by atoms with Crippen LogP contribution in [0.2, 0.25) is 0 Å². The molecule has 1 aliphatic carbocycles. The summed E-state index contributed by atoms with van der Waals surface area (Å²) in [6.07, 6.45) is 34.4. The Hall–Kier alpha value is -4.04. The topological polar surface area (TPSA) is 110 Å². The number of aliphatic hydroxyl groups excluding tert-OH is 2. The van der Waals surface area contributed by atoms with E-state index in [9.17, 15) is 15.0 Å². The zero-order valence-corrected chi connectivity index (χ0v) is 41.1. The molecule has 6 rings (SSSR count). The third-order valence-electron chi connectivity index (χ3n) is 14.9. The van der Waals surface area contributed by atoms with Crippen molar-refractivity contribution >= 4 is 23.0 Å². The summed E-state index contributed by atoms with van der Waals surface area (Å²) in [7, 11) is 0. The highest BCUT2D eigenvalue weighted by Gasteiger charge is 2.41. The Bertz CT molecular complexity index is 2040. The van der Waals surface area contributed by atoms with Crippen LogP contribution in [0, 0.1) is 11.8 Å². The lowest BCUT2D eigenvalue weighted by Crippen LogP contribution is -2.33. The van der Waals surface area contributed by atoms with Gasteiger partial charge in [-0.3, -0.25) is 4.79 Å². The predicted octanol–water partition coefficient (Wildman–Crippen LogP) is 14.1. The molecule has 2 atom stereocenters. The lowest BCUT2D eigenvalue weighted by molar-refractivity contribution is -0.131. The number of aliphatic hydroxyl groups is 2. The fourth-order valence-corrected chi connectivity index (χ4v) is 10.7. The van der Waals surface area contributed by atoms with E-state index in [1.54, 1.807) is 0 Å². The van der Waals surface area contributed by atoms with Crippen molar-refractivity contribution in [1.29, 1.82) is 0 Å². The number of rotatable bonds is 27. The molecule has 1 fully saturated rings. The van der Waals surface area contributed by atoms with Crippen LogP contribution in [0.3, 0.4) is 0 Å². The first-order chi connectivity index (χ1) is 31.1. The number of carbonyl (C=O) groups excluding carboxylic acids is 1. The van der Waals surface area contributed by atoms with E-state index in [1.807, 2.05) is 13.0 Å². The first-order valence-electron chi connectivity index (χ1n) is 26.0. The van der Waals surface area contributed by atoms with Crippen molar-refractivity contribution in [3.63, 3.8) is 0 Å². The Morgan fingerprint density at radius 3 is 1.75 bits per heavy atom. The van der Waals surface area contributed by atoms with Crippen molar-refractivity contribution in [2.75, 3.05) is 19.7 Å². The van der Waals surface area contributed by atoms with Gasteiger partial charge in [0.05, 0.1) is 40.8 Å². The highest BCUT2D eigenvalue weighted by Crippen LogP contribution is 2.46. The van der Waals surface area contributed by atoms with Gasteiger partial charge in [-0.05, 0) is 87.0 Å². The number of nitrogens with one attached hydrogen (secondary N) is 1. The molecule has 1 saturated heterocycles. The van der Waals surface area contributed by atoms with Crippen LogP contribution in [0.25, 0.3) is 0 Å². The second-order valence-electron chi connectivity index (χ2n) is 19.5. The largest absolute Gasteiger partial charge is 0.511 e. The smallest absolute Gasteiger partial charge is 0.222 e. The maximum Gasteiger partial charge on any atom is 0.222 e. The number of nitrogens with zero attached hydrogens (tertiary/aromatic N) is 4. The summed E-state index contributed by atoms with van der Waals surface area (Å²) in [5.74, 6) is 0.731. The zero-order valence-electron chi connectivity index (χ0n) is 41.1. The molecule has 0 unspecified atom stereocenters. The van der Waals surface area contributed by atoms with E-state index in [0.29, 0.717) is 25.0 Å². The molecule has 0 radical (unpaired) electrons. The molecule has 0 aromatic carbocycles. The van der Waals surface area contributed by atoms with Gasteiger partial charge in [-0.1, -0.05) is 143 Å². The van der Waals surface area contributed by atoms with Crippen LogP contribution in [-0.2, 0) is 4.79 Å². The lowest BCUT2D eigenvalue weighted by atomic mass is 9.86. The molecule has 5 aliphatic heterocycles. The molecule has 8 bridgehead atoms. The highest BCUT2D eigenvalue weighted by atomic mass is 16.3. The summed E-state index contributed by atoms with van der Waals surface area (Å²) in [6.45, 7) is 16.8. The van der Waals surface area contributed by atoms with Gasteiger partial charge in [-0.25, -0.2) is 15.0 Å². The van der Waals surface area contributed by atoms with Gasteiger partial charge >= 0.3 is 0 Å². The standard InChI is InChI=1S/C56H83N5O3/c1-8-11-13-15-17-19-21-23-25-27-31-61(32-28-26-24-22-20-18-16-14-12-9-2)53(64)30-29-43-39(5)48-34-46-40(6)45(37-62)51(58-46)35-47-38(4)42(10-3)50(57-47)36-49-41(7)54-52(63)33-44(55(43)59-48)56(54)60-49/h34-36,39,43,59,62-63H,8-33,37H2,1-7H3/t39-,43-/m0/s1. The van der Waals surface area contributed by atoms with Crippen LogP contribution in [0.4, 0.5) is 0 Å². The third-order valence-corrected chi connectivity index (χ3v) is 14.9. The minimum Gasteiger partial charge on any atom is -0.511 e. The number of hydrogen-bond acceptors (Lipinski definition) is 7. The van der Waals surface area contributed by atoms with Crippen LogP contribution in [0.15, 0.2) is 106 Å². The van der Waals surface area contributed by atoms with Gasteiger partial charge in [-0.2, -0.15) is 0 Å². The van der Waals surface area contributed by atoms with Gasteiger partial charge in [-0.15, -0.1) is 0 Å². The minimum atomic E-state index is -0.109. The highest BCUT2D eigenvalue weighted by molar-refractivity contribution is 6.21. The summed E-state index contributed by atoms with van der Waals surface area (Å²) in [4.78, 5) is 32.1. The van der Waals surface area contributed by atoms with Gasteiger partial charge in [0, 0.05) is 65.9 Å². The second kappa shape index (κ2) is 24.5. The molecule has 0 aromatic rings. The third kappa shape index (κ3) is 12.0. The van der Waals surface area contributed by atoms with Gasteiger partial charge < -0.3 is 20.4 Å². The lowest BCUT2D eigenvalue weighted by Gasteiger charge is -2.25. The number of hydrogen-bond donors (Lipinski definition) is 3. The Balaban J connectivity index is 1.21. The van der Waals surface area contributed by atoms with Gasteiger partial charge in [0.25, 0.3) is 0 Å². The quantitative estimate of drug-likeness (QED) is 0.0714. The van der Waals surface area contributed by atoms with Crippen LogP contribution in [0.5, 0.6) is 0 Å². The summed E-state index contributed by atoms with van der Waals surface area (Å²) >= 11 is 0. The SMILES string of the molecule is CCCCCCCCCCCCN(CCCCCCCCCCCC)C(=O)CC[C@@H]1C2=C3CC(O)=C4C3=NC(=C4C)C=C3N=C(C=C4N=C(C=C(N2)[C@H]1C)C(C)=C4CO)C(C)=C3CC. The van der Waals surface area contributed by atoms with Crippen LogP contribution in [0.1, 0.15) is 203 Å². The molecule has 64 heavy (non-hydrogen) atoms. The first kappa shape index (κ1) is 49.4. The number of unbranched alkanes of at least 4 members (excludes halogenated alkanes) is 18. The fraction of sp³-hybridized carbons (Fsp3) is 0.643. The molecule has 5 heterocycles. The van der Waals surface area contributed by atoms with E-state index >= 15 is 0 Å². The first-order valence-corrected chi connectivity index (χ1v) is 26.0. The maximum absolute atomic E-state index is 14.4. The van der Waals surface area contributed by atoms with E-state index in [-0.39, 0.29) is 24.3 Å². The van der Waals surface area contributed by atoms with Crippen molar-refractivity contribution in [3.8, 4) is 0 Å². The van der Waals surface area contributed by atoms with Gasteiger partial charge in [0.1, 0.15) is 5.76 Å². The number of allylic oxidation sites excluding steroid dienone is 11. The molecule has 3 N–H and O–H groups in total. The van der Waals surface area contributed by atoms with Crippen LogP contribution in [-0.4, -0.2) is 57.9 Å². The van der Waals surface area contributed by atoms with E-state index in [2.05, 4.69) is 63.9 Å². The molecule has 0 aromatic heterocycles. The molecule has 6 aliphatic rings. The molecule has 1 amide bonds. The molecular formula is C56H83N5O3. The van der Waals surface area contributed by atoms with Gasteiger partial charge in [0.15, 0.2) is 0 Å². The summed E-state index contributed by atoms with van der Waals surface area (Å²) in [6, 6.07) is 0. The van der Waals surface area contributed by atoms with Gasteiger partial charge in [0.2, 0.25) is 5.91 Å². The Kier molecular flexibility index (Phi) is 18.9. The normalized spacial score (nSPS) is 20.4. The zero-order chi connectivity index (χ0) is 45.6. The Labute approximate surface area is 387 Å². The molecule has 8 nitrogen and oxygen atoms in total. The summed E-state index contributed by atoms with van der Waals surface area (Å²) in [5, 5.41) is 26.1. The second-order valence-corrected chi connectivity index (χ2v) is 19.5. The number of fused-ring (bicyclic) bond motifs is 5. The molecule has 0 saturated carbocycles. The monoisotopic (exact) mass is 874 g/mol. The molecule has 8 heteroatoms. The van der Waals surface area contributed by atoms with Crippen LogP contribution < -0.4 is 5.32 Å². The molecule has 350 valence electrons. The Morgan fingerprint density at radius 1 is 0.688 bits per heavy atom. The predicted molar refractivity (Wildman–Crippen MR) is 269 cm³/mol. The van der Waals surface area contributed by atoms with Crippen molar-refractivity contribution in [2.45, 2.75) is 203 Å². The van der Waals surface area contributed by atoms with Crippen LogP contribution >= 0.6 is 0 Å². The summed E-state index contributed by atoms with van der Waals surface area (Å²) < 4.78 is 0. The Morgan fingerprint density at radius 2 is 1.20 bits per heavy atom. The summed E-state index contributed by atoms with van der Waals surface area (Å²) in [5.41, 5.74) is 13.9. The molecular weight excluding hydrogens is 791 g/mol. The average Bonchev–Trinajstić information content (AvgIpc) is 4.04. The number of amides is 1. The van der Waals surface area contributed by atoms with Crippen molar-refractivity contribution < 1.29 is 15.0 Å². The van der Waals surface area contributed by atoms with E-state index in [1.165, 1.54) is 116 Å².